The largest absolute Gasteiger partial charge is 0.390 e. The second kappa shape index (κ2) is 4.85. The molecule has 92 valence electrons. The second-order valence-electron chi connectivity index (χ2n) is 3.90. The quantitative estimate of drug-likeness (QED) is 0.904. The van der Waals surface area contributed by atoms with Gasteiger partial charge < -0.3 is 15.0 Å². The Balaban J connectivity index is 2.21. The minimum Gasteiger partial charge on any atom is -0.390 e. The molecule has 0 radical (unpaired) electrons. The van der Waals surface area contributed by atoms with Crippen molar-refractivity contribution in [3.8, 4) is 11.5 Å². The van der Waals surface area contributed by atoms with Crippen LogP contribution >= 0.6 is 11.3 Å². The van der Waals surface area contributed by atoms with Crippen molar-refractivity contribution in [2.24, 2.45) is 0 Å². The van der Waals surface area contributed by atoms with Gasteiger partial charge in [0.25, 0.3) is 5.89 Å². The van der Waals surface area contributed by atoms with Crippen LogP contribution in [0.5, 0.6) is 0 Å². The number of nitrogens with two attached hydrogens (primary N) is 1. The molecule has 0 bridgehead atoms. The number of nitrogens with zero attached hydrogens (tertiary/aromatic N) is 2. The van der Waals surface area contributed by atoms with Crippen LogP contribution in [0.25, 0.3) is 11.5 Å². The molecule has 2 heterocycles. The lowest BCUT2D eigenvalue weighted by molar-refractivity contribution is 0.116. The van der Waals surface area contributed by atoms with Gasteiger partial charge >= 0.3 is 0 Å². The summed E-state index contributed by atoms with van der Waals surface area (Å²) in [4.78, 5) is 5.44. The Bertz CT molecular complexity index is 507. The molecule has 2 aromatic heterocycles. The summed E-state index contributed by atoms with van der Waals surface area (Å²) in [6.45, 7) is 3.95. The van der Waals surface area contributed by atoms with E-state index in [4.69, 9.17) is 15.0 Å². The van der Waals surface area contributed by atoms with Gasteiger partial charge in [0.05, 0.1) is 16.7 Å². The Morgan fingerprint density at radius 1 is 1.59 bits per heavy atom. The van der Waals surface area contributed by atoms with E-state index in [1.54, 1.807) is 7.11 Å². The van der Waals surface area contributed by atoms with E-state index >= 15 is 0 Å². The van der Waals surface area contributed by atoms with E-state index < -0.39 is 0 Å². The molecule has 0 saturated heterocycles. The van der Waals surface area contributed by atoms with Crippen LogP contribution in [-0.4, -0.2) is 23.4 Å². The van der Waals surface area contributed by atoms with Crippen LogP contribution in [0.2, 0.25) is 0 Å². The number of rotatable bonds is 4. The van der Waals surface area contributed by atoms with Crippen molar-refractivity contribution in [2.45, 2.75) is 26.4 Å². The zero-order valence-corrected chi connectivity index (χ0v) is 10.9. The summed E-state index contributed by atoms with van der Waals surface area (Å²) >= 11 is 1.52. The fourth-order valence-electron chi connectivity index (χ4n) is 1.49. The van der Waals surface area contributed by atoms with Gasteiger partial charge in [0.15, 0.2) is 5.82 Å². The number of hydrogen-bond acceptors (Lipinski definition) is 6. The van der Waals surface area contributed by atoms with Crippen LogP contribution in [0, 0.1) is 6.92 Å². The Morgan fingerprint density at radius 3 is 2.94 bits per heavy atom. The topological polar surface area (TPSA) is 74.2 Å². The van der Waals surface area contributed by atoms with Crippen LogP contribution in [0.1, 0.15) is 17.6 Å². The monoisotopic (exact) mass is 253 g/mol. The SMILES string of the molecule is COC(C)Cc1noc(-c2cc(C)sc2N)n1. The lowest BCUT2D eigenvalue weighted by atomic mass is 10.2. The third-order valence-electron chi connectivity index (χ3n) is 2.45. The Kier molecular flexibility index (Phi) is 3.44. The highest BCUT2D eigenvalue weighted by atomic mass is 32.1. The first-order valence-electron chi connectivity index (χ1n) is 5.31. The Hall–Kier alpha value is -1.40. The molecule has 0 aromatic carbocycles. The lowest BCUT2D eigenvalue weighted by Crippen LogP contribution is -2.09. The molecular formula is C11H15N3O2S. The van der Waals surface area contributed by atoms with Crippen molar-refractivity contribution in [1.29, 1.82) is 0 Å². The number of anilines is 1. The first kappa shape index (κ1) is 12.1. The Morgan fingerprint density at radius 2 is 2.35 bits per heavy atom. The normalized spacial score (nSPS) is 12.9. The van der Waals surface area contributed by atoms with Gasteiger partial charge in [0, 0.05) is 18.4 Å². The molecule has 1 unspecified atom stereocenters. The number of hydrogen-bond donors (Lipinski definition) is 1. The van der Waals surface area contributed by atoms with Crippen LogP contribution in [0.3, 0.4) is 0 Å². The molecule has 2 rings (SSSR count). The zero-order valence-electron chi connectivity index (χ0n) is 10.1. The summed E-state index contributed by atoms with van der Waals surface area (Å²) in [6.07, 6.45) is 0.699. The fourth-order valence-corrected chi connectivity index (χ4v) is 2.27. The summed E-state index contributed by atoms with van der Waals surface area (Å²) in [5.41, 5.74) is 6.69. The van der Waals surface area contributed by atoms with E-state index in [1.165, 1.54) is 11.3 Å². The Labute approximate surface area is 104 Å². The zero-order chi connectivity index (χ0) is 12.4. The van der Waals surface area contributed by atoms with Gasteiger partial charge in [0.1, 0.15) is 0 Å². The molecule has 1 atom stereocenters. The van der Waals surface area contributed by atoms with Gasteiger partial charge in [-0.1, -0.05) is 5.16 Å². The predicted octanol–water partition coefficient (Wildman–Crippen LogP) is 2.27. The number of aromatic nitrogens is 2. The maximum atomic E-state index is 5.88. The molecule has 0 aliphatic rings. The highest BCUT2D eigenvalue weighted by molar-refractivity contribution is 7.16. The van der Waals surface area contributed by atoms with Crippen molar-refractivity contribution in [1.82, 2.24) is 10.1 Å². The standard InChI is InChI=1S/C11H15N3O2S/c1-6(15-3)4-9-13-11(16-14-9)8-5-7(2)17-10(8)12/h5-6H,4,12H2,1-3H3. The third-order valence-corrected chi connectivity index (χ3v) is 3.33. The molecule has 0 amide bonds. The summed E-state index contributed by atoms with van der Waals surface area (Å²) in [6, 6.07) is 1.96. The predicted molar refractivity (Wildman–Crippen MR) is 66.9 cm³/mol. The maximum absolute atomic E-state index is 5.88. The van der Waals surface area contributed by atoms with Crippen LogP contribution in [-0.2, 0) is 11.2 Å². The first-order valence-corrected chi connectivity index (χ1v) is 6.13. The van der Waals surface area contributed by atoms with Crippen molar-refractivity contribution < 1.29 is 9.26 Å². The van der Waals surface area contributed by atoms with Crippen molar-refractivity contribution in [3.63, 3.8) is 0 Å². The van der Waals surface area contributed by atoms with Crippen LogP contribution < -0.4 is 5.73 Å². The highest BCUT2D eigenvalue weighted by Crippen LogP contribution is 2.32. The molecule has 5 nitrogen and oxygen atoms in total. The lowest BCUT2D eigenvalue weighted by Gasteiger charge is -2.03. The molecular weight excluding hydrogens is 238 g/mol. The molecule has 0 spiro atoms. The average molecular weight is 253 g/mol. The molecule has 0 fully saturated rings. The minimum absolute atomic E-state index is 0.0713. The van der Waals surface area contributed by atoms with Crippen LogP contribution in [0.15, 0.2) is 10.6 Å². The van der Waals surface area contributed by atoms with Gasteiger partial charge in [-0.25, -0.2) is 0 Å². The smallest absolute Gasteiger partial charge is 0.260 e. The molecule has 2 aromatic rings. The van der Waals surface area contributed by atoms with E-state index in [-0.39, 0.29) is 6.10 Å². The van der Waals surface area contributed by atoms with E-state index in [1.807, 2.05) is 19.9 Å². The van der Waals surface area contributed by atoms with Gasteiger partial charge in [-0.15, -0.1) is 11.3 Å². The minimum atomic E-state index is 0.0713. The van der Waals surface area contributed by atoms with E-state index in [9.17, 15) is 0 Å². The van der Waals surface area contributed by atoms with E-state index in [2.05, 4.69) is 10.1 Å². The molecule has 17 heavy (non-hydrogen) atoms. The van der Waals surface area contributed by atoms with Crippen LogP contribution in [0.4, 0.5) is 5.00 Å². The number of ether oxygens (including phenoxy) is 1. The highest BCUT2D eigenvalue weighted by Gasteiger charge is 2.15. The van der Waals surface area contributed by atoms with Gasteiger partial charge in [0.2, 0.25) is 0 Å². The second-order valence-corrected chi connectivity index (χ2v) is 5.19. The maximum Gasteiger partial charge on any atom is 0.260 e. The van der Waals surface area contributed by atoms with Crippen molar-refractivity contribution in [3.05, 3.63) is 16.8 Å². The average Bonchev–Trinajstić information content (AvgIpc) is 2.85. The van der Waals surface area contributed by atoms with Gasteiger partial charge in [-0.2, -0.15) is 4.98 Å². The summed E-state index contributed by atoms with van der Waals surface area (Å²) in [5.74, 6) is 1.11. The number of thiophene rings is 1. The summed E-state index contributed by atoms with van der Waals surface area (Å²) in [7, 11) is 1.66. The number of methoxy groups -OCH3 is 1. The van der Waals surface area contributed by atoms with E-state index in [0.29, 0.717) is 23.1 Å². The summed E-state index contributed by atoms with van der Waals surface area (Å²) < 4.78 is 10.4. The molecule has 2 N–H and O–H groups in total. The van der Waals surface area contributed by atoms with Crippen molar-refractivity contribution in [2.75, 3.05) is 12.8 Å². The van der Waals surface area contributed by atoms with Gasteiger partial charge in [-0.05, 0) is 19.9 Å². The van der Waals surface area contributed by atoms with Crippen molar-refractivity contribution >= 4 is 16.3 Å². The molecule has 6 heteroatoms. The number of nitrogen functional groups attached to an aromatic ring is 1. The number of aryl methyl sites for hydroxylation is 1. The molecule has 0 aliphatic carbocycles. The molecule has 0 aliphatic heterocycles. The molecule has 0 saturated carbocycles. The third kappa shape index (κ3) is 2.65. The van der Waals surface area contributed by atoms with Gasteiger partial charge in [-0.3, -0.25) is 0 Å². The summed E-state index contributed by atoms with van der Waals surface area (Å²) in [5, 5.41) is 4.62. The fraction of sp³-hybridized carbons (Fsp3) is 0.455. The van der Waals surface area contributed by atoms with E-state index in [0.717, 1.165) is 10.4 Å². The first-order chi connectivity index (χ1) is 8.10.